The fourth-order valence-corrected chi connectivity index (χ4v) is 1.59. The summed E-state index contributed by atoms with van der Waals surface area (Å²) in [5, 5.41) is 8.76. The summed E-state index contributed by atoms with van der Waals surface area (Å²) >= 11 is 0. The van der Waals surface area contributed by atoms with Crippen LogP contribution in [0.15, 0.2) is 18.3 Å². The van der Waals surface area contributed by atoms with Gasteiger partial charge >= 0.3 is 5.97 Å². The quantitative estimate of drug-likeness (QED) is 0.718. The highest BCUT2D eigenvalue weighted by molar-refractivity contribution is 5.98. The summed E-state index contributed by atoms with van der Waals surface area (Å²) in [4.78, 5) is 26.5. The molecule has 14 heavy (non-hydrogen) atoms. The third-order valence-corrected chi connectivity index (χ3v) is 2.35. The molecule has 5 heteroatoms. The Morgan fingerprint density at radius 3 is 2.93 bits per heavy atom. The van der Waals surface area contributed by atoms with Crippen molar-refractivity contribution < 1.29 is 14.7 Å². The molecule has 74 valence electrons. The van der Waals surface area contributed by atoms with Gasteiger partial charge in [-0.1, -0.05) is 0 Å². The van der Waals surface area contributed by atoms with Gasteiger partial charge in [0, 0.05) is 19.2 Å². The lowest BCUT2D eigenvalue weighted by Crippen LogP contribution is -2.25. The summed E-state index contributed by atoms with van der Waals surface area (Å²) in [5.74, 6) is -0.961. The number of nitrogens with one attached hydrogen (secondary N) is 1. The molecule has 1 amide bonds. The summed E-state index contributed by atoms with van der Waals surface area (Å²) in [5.41, 5.74) is 0. The van der Waals surface area contributed by atoms with E-state index in [4.69, 9.17) is 5.11 Å². The Hall–Kier alpha value is -1.78. The first kappa shape index (κ1) is 8.80. The van der Waals surface area contributed by atoms with Crippen molar-refractivity contribution in [1.29, 1.82) is 0 Å². The predicted molar refractivity (Wildman–Crippen MR) is 48.9 cm³/mol. The maximum absolute atomic E-state index is 11.4. The standard InChI is InChI=1S/C9H10N2O3/c12-8-4-6(9(13)14)5-11(8)7-2-1-3-10-7/h1-3,6,10H,4-5H2,(H,13,14). The van der Waals surface area contributed by atoms with Gasteiger partial charge in [-0.15, -0.1) is 0 Å². The first-order valence-electron chi connectivity index (χ1n) is 4.35. The third-order valence-electron chi connectivity index (χ3n) is 2.35. The van der Waals surface area contributed by atoms with Gasteiger partial charge in [-0.05, 0) is 12.1 Å². The molecule has 0 spiro atoms. The van der Waals surface area contributed by atoms with E-state index in [2.05, 4.69) is 4.98 Å². The van der Waals surface area contributed by atoms with Crippen LogP contribution in [0.1, 0.15) is 6.42 Å². The highest BCUT2D eigenvalue weighted by Crippen LogP contribution is 2.23. The molecule has 1 atom stereocenters. The summed E-state index contributed by atoms with van der Waals surface area (Å²) < 4.78 is 0. The van der Waals surface area contributed by atoms with E-state index < -0.39 is 11.9 Å². The number of hydrogen-bond acceptors (Lipinski definition) is 2. The molecule has 0 radical (unpaired) electrons. The number of nitrogens with zero attached hydrogens (tertiary/aromatic N) is 1. The number of rotatable bonds is 2. The molecule has 1 fully saturated rings. The monoisotopic (exact) mass is 194 g/mol. The zero-order chi connectivity index (χ0) is 10.1. The van der Waals surface area contributed by atoms with E-state index in [1.54, 1.807) is 18.3 Å². The molecule has 1 aliphatic rings. The Balaban J connectivity index is 2.16. The lowest BCUT2D eigenvalue weighted by atomic mass is 10.1. The Morgan fingerprint density at radius 1 is 1.64 bits per heavy atom. The molecule has 0 aliphatic carbocycles. The molecular formula is C9H10N2O3. The van der Waals surface area contributed by atoms with E-state index in [0.29, 0.717) is 5.82 Å². The van der Waals surface area contributed by atoms with Crippen molar-refractivity contribution in [2.45, 2.75) is 6.42 Å². The number of carbonyl (C=O) groups excluding carboxylic acids is 1. The molecule has 2 N–H and O–H groups in total. The summed E-state index contributed by atoms with van der Waals surface area (Å²) in [6, 6.07) is 3.53. The second kappa shape index (κ2) is 3.17. The lowest BCUT2D eigenvalue weighted by Gasteiger charge is -2.12. The van der Waals surface area contributed by atoms with Gasteiger partial charge in [0.1, 0.15) is 5.82 Å². The van der Waals surface area contributed by atoms with Gasteiger partial charge in [0.2, 0.25) is 5.91 Å². The molecule has 2 rings (SSSR count). The second-order valence-corrected chi connectivity index (χ2v) is 3.30. The second-order valence-electron chi connectivity index (χ2n) is 3.30. The Kier molecular flexibility index (Phi) is 1.99. The molecule has 5 nitrogen and oxygen atoms in total. The summed E-state index contributed by atoms with van der Waals surface area (Å²) in [7, 11) is 0. The highest BCUT2D eigenvalue weighted by atomic mass is 16.4. The van der Waals surface area contributed by atoms with Crippen LogP contribution < -0.4 is 4.90 Å². The van der Waals surface area contributed by atoms with Crippen LogP contribution in [0.25, 0.3) is 0 Å². The average molecular weight is 194 g/mol. The van der Waals surface area contributed by atoms with Gasteiger partial charge in [0.25, 0.3) is 0 Å². The SMILES string of the molecule is O=C(O)C1CC(=O)N(c2ccc[nH]2)C1. The van der Waals surface area contributed by atoms with Crippen LogP contribution in [0.2, 0.25) is 0 Å². The maximum atomic E-state index is 11.4. The van der Waals surface area contributed by atoms with E-state index in [9.17, 15) is 9.59 Å². The van der Waals surface area contributed by atoms with Crippen LogP contribution in [-0.2, 0) is 9.59 Å². The third kappa shape index (κ3) is 1.37. The molecule has 0 bridgehead atoms. The van der Waals surface area contributed by atoms with Gasteiger partial charge in [-0.3, -0.25) is 14.5 Å². The number of amides is 1. The van der Waals surface area contributed by atoms with Crippen molar-refractivity contribution >= 4 is 17.7 Å². The van der Waals surface area contributed by atoms with E-state index in [1.807, 2.05) is 0 Å². The number of H-pyrrole nitrogens is 1. The summed E-state index contributed by atoms with van der Waals surface area (Å²) in [6.45, 7) is 0.259. The van der Waals surface area contributed by atoms with Gasteiger partial charge in [-0.2, -0.15) is 0 Å². The lowest BCUT2D eigenvalue weighted by molar-refractivity contribution is -0.141. The van der Waals surface area contributed by atoms with E-state index in [1.165, 1.54) is 4.90 Å². The van der Waals surface area contributed by atoms with Crippen LogP contribution in [0.4, 0.5) is 5.82 Å². The molecule has 1 aromatic rings. The topological polar surface area (TPSA) is 73.4 Å². The minimum Gasteiger partial charge on any atom is -0.481 e. The number of aromatic amines is 1. The van der Waals surface area contributed by atoms with Gasteiger partial charge < -0.3 is 10.1 Å². The molecule has 0 saturated carbocycles. The Morgan fingerprint density at radius 2 is 2.43 bits per heavy atom. The van der Waals surface area contributed by atoms with Crippen molar-refractivity contribution in [3.63, 3.8) is 0 Å². The number of anilines is 1. The molecule has 2 heterocycles. The zero-order valence-corrected chi connectivity index (χ0v) is 7.43. The maximum Gasteiger partial charge on any atom is 0.308 e. The van der Waals surface area contributed by atoms with Gasteiger partial charge in [0.15, 0.2) is 0 Å². The average Bonchev–Trinajstić information content (AvgIpc) is 2.71. The minimum atomic E-state index is -0.910. The van der Waals surface area contributed by atoms with Crippen molar-refractivity contribution in [3.05, 3.63) is 18.3 Å². The Labute approximate surface area is 80.3 Å². The van der Waals surface area contributed by atoms with E-state index in [0.717, 1.165) is 0 Å². The van der Waals surface area contributed by atoms with Crippen LogP contribution in [0, 0.1) is 5.92 Å². The number of carboxylic acid groups (broad SMARTS) is 1. The molecular weight excluding hydrogens is 184 g/mol. The number of aromatic nitrogens is 1. The van der Waals surface area contributed by atoms with Crippen molar-refractivity contribution in [2.75, 3.05) is 11.4 Å². The minimum absolute atomic E-state index is 0.0916. The molecule has 0 aromatic carbocycles. The largest absolute Gasteiger partial charge is 0.481 e. The molecule has 1 aliphatic heterocycles. The first-order valence-corrected chi connectivity index (χ1v) is 4.35. The highest BCUT2D eigenvalue weighted by Gasteiger charge is 2.35. The van der Waals surface area contributed by atoms with Crippen LogP contribution in [0.5, 0.6) is 0 Å². The fraction of sp³-hybridized carbons (Fsp3) is 0.333. The number of aliphatic carboxylic acids is 1. The number of carboxylic acids is 1. The van der Waals surface area contributed by atoms with Crippen LogP contribution >= 0.6 is 0 Å². The number of carbonyl (C=O) groups is 2. The van der Waals surface area contributed by atoms with E-state index in [-0.39, 0.29) is 18.9 Å². The normalized spacial score (nSPS) is 21.6. The predicted octanol–water partition coefficient (Wildman–Crippen LogP) is 0.452. The van der Waals surface area contributed by atoms with Crippen molar-refractivity contribution in [3.8, 4) is 0 Å². The zero-order valence-electron chi connectivity index (χ0n) is 7.43. The molecule has 1 unspecified atom stereocenters. The van der Waals surface area contributed by atoms with Gasteiger partial charge in [-0.25, -0.2) is 0 Å². The van der Waals surface area contributed by atoms with Crippen LogP contribution in [0.3, 0.4) is 0 Å². The smallest absolute Gasteiger partial charge is 0.308 e. The number of hydrogen-bond donors (Lipinski definition) is 2. The first-order chi connectivity index (χ1) is 6.68. The molecule has 1 aromatic heterocycles. The molecule has 1 saturated heterocycles. The van der Waals surface area contributed by atoms with Crippen molar-refractivity contribution in [2.24, 2.45) is 5.92 Å². The fourth-order valence-electron chi connectivity index (χ4n) is 1.59. The summed E-state index contributed by atoms with van der Waals surface area (Å²) in [6.07, 6.45) is 1.80. The van der Waals surface area contributed by atoms with Gasteiger partial charge in [0.05, 0.1) is 5.92 Å². The Bertz CT molecular complexity index is 358. The van der Waals surface area contributed by atoms with Crippen molar-refractivity contribution in [1.82, 2.24) is 4.98 Å². The van der Waals surface area contributed by atoms with Crippen LogP contribution in [-0.4, -0.2) is 28.5 Å². The van der Waals surface area contributed by atoms with E-state index >= 15 is 0 Å².